The molecule has 2 aromatic carbocycles. The number of nitrogens with zero attached hydrogens (tertiary/aromatic N) is 1. The number of alkyl halides is 3. The second-order valence-corrected chi connectivity index (χ2v) is 5.87. The third-order valence-electron chi connectivity index (χ3n) is 3.80. The second-order valence-electron chi connectivity index (χ2n) is 5.87. The number of oxazole rings is 1. The summed E-state index contributed by atoms with van der Waals surface area (Å²) < 4.78 is 43.8. The number of benzene rings is 2. The van der Waals surface area contributed by atoms with Gasteiger partial charge in [-0.2, -0.15) is 13.2 Å². The Morgan fingerprint density at radius 2 is 1.68 bits per heavy atom. The average molecular weight is 392 g/mol. The van der Waals surface area contributed by atoms with E-state index in [1.54, 1.807) is 6.92 Å². The van der Waals surface area contributed by atoms with Gasteiger partial charge in [0.25, 0.3) is 5.91 Å². The van der Waals surface area contributed by atoms with E-state index in [-0.39, 0.29) is 40.0 Å². The Kier molecular flexibility index (Phi) is 5.00. The fourth-order valence-corrected chi connectivity index (χ4v) is 2.57. The highest BCUT2D eigenvalue weighted by molar-refractivity contribution is 5.98. The van der Waals surface area contributed by atoms with Crippen LogP contribution in [0, 0.1) is 0 Å². The Bertz CT molecular complexity index is 991. The van der Waals surface area contributed by atoms with E-state index in [9.17, 15) is 28.2 Å². The first-order valence-corrected chi connectivity index (χ1v) is 8.19. The van der Waals surface area contributed by atoms with Gasteiger partial charge in [0.05, 0.1) is 5.56 Å². The van der Waals surface area contributed by atoms with Crippen molar-refractivity contribution >= 4 is 5.91 Å². The van der Waals surface area contributed by atoms with Gasteiger partial charge >= 0.3 is 6.18 Å². The molecule has 0 saturated carbocycles. The number of carbonyl (C=O) groups is 1. The lowest BCUT2D eigenvalue weighted by atomic mass is 10.1. The van der Waals surface area contributed by atoms with Gasteiger partial charge in [0, 0.05) is 23.7 Å². The molecule has 3 rings (SSSR count). The molecule has 0 atom stereocenters. The van der Waals surface area contributed by atoms with Crippen molar-refractivity contribution in [1.82, 2.24) is 10.3 Å². The van der Waals surface area contributed by atoms with Gasteiger partial charge in [-0.15, -0.1) is 0 Å². The first-order chi connectivity index (χ1) is 13.2. The maximum absolute atomic E-state index is 12.7. The summed E-state index contributed by atoms with van der Waals surface area (Å²) in [7, 11) is 0. The molecule has 6 nitrogen and oxygen atoms in total. The lowest BCUT2D eigenvalue weighted by Crippen LogP contribution is -2.23. The topological polar surface area (TPSA) is 95.6 Å². The lowest BCUT2D eigenvalue weighted by molar-refractivity contribution is -0.137. The fourth-order valence-electron chi connectivity index (χ4n) is 2.57. The number of carbonyl (C=O) groups excluding carboxylic acids is 1. The minimum Gasteiger partial charge on any atom is -0.508 e. The first-order valence-electron chi connectivity index (χ1n) is 8.19. The molecule has 3 N–H and O–H groups in total. The smallest absolute Gasteiger partial charge is 0.416 e. The summed E-state index contributed by atoms with van der Waals surface area (Å²) in [4.78, 5) is 16.4. The Hall–Kier alpha value is -3.49. The molecule has 0 aliphatic rings. The quantitative estimate of drug-likeness (QED) is 0.619. The van der Waals surface area contributed by atoms with Crippen LogP contribution in [0.25, 0.3) is 22.8 Å². The van der Waals surface area contributed by atoms with E-state index in [1.165, 1.54) is 24.3 Å². The first kappa shape index (κ1) is 19.3. The van der Waals surface area contributed by atoms with Crippen LogP contribution in [0.5, 0.6) is 11.5 Å². The molecule has 0 aliphatic carbocycles. The van der Waals surface area contributed by atoms with E-state index in [0.717, 1.165) is 18.2 Å². The number of phenols is 2. The summed E-state index contributed by atoms with van der Waals surface area (Å²) in [5, 5.41) is 21.9. The highest BCUT2D eigenvalue weighted by Gasteiger charge is 2.30. The molecule has 146 valence electrons. The number of hydrogen-bond donors (Lipinski definition) is 3. The summed E-state index contributed by atoms with van der Waals surface area (Å²) in [5.41, 5.74) is -0.537. The van der Waals surface area contributed by atoms with Crippen LogP contribution in [0.4, 0.5) is 13.2 Å². The predicted molar refractivity (Wildman–Crippen MR) is 93.7 cm³/mol. The molecule has 28 heavy (non-hydrogen) atoms. The van der Waals surface area contributed by atoms with Crippen molar-refractivity contribution in [1.29, 1.82) is 0 Å². The predicted octanol–water partition coefficient (Wildman–Crippen LogP) is 4.19. The molecular formula is C19H15F3N2O4. The van der Waals surface area contributed by atoms with Crippen molar-refractivity contribution in [2.75, 3.05) is 6.54 Å². The molecule has 1 amide bonds. The largest absolute Gasteiger partial charge is 0.508 e. The van der Waals surface area contributed by atoms with Crippen LogP contribution in [0.1, 0.15) is 23.0 Å². The molecule has 9 heteroatoms. The van der Waals surface area contributed by atoms with Gasteiger partial charge < -0.3 is 19.9 Å². The lowest BCUT2D eigenvalue weighted by Gasteiger charge is -2.06. The van der Waals surface area contributed by atoms with Crippen molar-refractivity contribution in [3.05, 3.63) is 53.7 Å². The number of rotatable bonds is 4. The fraction of sp³-hybridized carbons (Fsp3) is 0.158. The second kappa shape index (κ2) is 7.26. The number of halogens is 3. The standard InChI is InChI=1S/C19H15F3N2O4/c1-2-23-17(27)15-16(11-7-13(25)9-14(26)8-11)28-18(24-15)10-3-5-12(6-4-10)19(20,21)22/h3-9,25-26H,2H2,1H3,(H,23,27). The molecule has 0 saturated heterocycles. The summed E-state index contributed by atoms with van der Waals surface area (Å²) in [5.74, 6) is -1.20. The monoisotopic (exact) mass is 392 g/mol. The van der Waals surface area contributed by atoms with Gasteiger partial charge in [0.1, 0.15) is 11.5 Å². The van der Waals surface area contributed by atoms with E-state index in [0.29, 0.717) is 6.54 Å². The Morgan fingerprint density at radius 1 is 1.07 bits per heavy atom. The van der Waals surface area contributed by atoms with Crippen LogP contribution in [-0.2, 0) is 6.18 Å². The van der Waals surface area contributed by atoms with Crippen LogP contribution in [0.2, 0.25) is 0 Å². The van der Waals surface area contributed by atoms with E-state index in [2.05, 4.69) is 10.3 Å². The van der Waals surface area contributed by atoms with Crippen LogP contribution in [0.3, 0.4) is 0 Å². The summed E-state index contributed by atoms with van der Waals surface area (Å²) in [6.07, 6.45) is -4.48. The molecule has 1 aromatic heterocycles. The Morgan fingerprint density at radius 3 is 2.21 bits per heavy atom. The van der Waals surface area contributed by atoms with Crippen LogP contribution < -0.4 is 5.32 Å². The molecule has 0 spiro atoms. The van der Waals surface area contributed by atoms with Crippen molar-refractivity contribution in [2.45, 2.75) is 13.1 Å². The van der Waals surface area contributed by atoms with Gasteiger partial charge in [-0.05, 0) is 43.3 Å². The van der Waals surface area contributed by atoms with Gasteiger partial charge in [0.15, 0.2) is 11.5 Å². The van der Waals surface area contributed by atoms with Crippen molar-refractivity contribution in [3.8, 4) is 34.3 Å². The van der Waals surface area contributed by atoms with Crippen molar-refractivity contribution in [2.24, 2.45) is 0 Å². The number of phenolic OH excluding ortho intramolecular Hbond substituents is 2. The Balaban J connectivity index is 2.10. The van der Waals surface area contributed by atoms with Crippen LogP contribution in [-0.4, -0.2) is 27.6 Å². The van der Waals surface area contributed by atoms with Crippen molar-refractivity contribution in [3.63, 3.8) is 0 Å². The highest BCUT2D eigenvalue weighted by atomic mass is 19.4. The van der Waals surface area contributed by atoms with E-state index in [1.807, 2.05) is 0 Å². The maximum Gasteiger partial charge on any atom is 0.416 e. The minimum atomic E-state index is -4.48. The number of nitrogens with one attached hydrogen (secondary N) is 1. The summed E-state index contributed by atoms with van der Waals surface area (Å²) in [6.45, 7) is 2.01. The zero-order chi connectivity index (χ0) is 20.5. The molecule has 0 radical (unpaired) electrons. The van der Waals surface area contributed by atoms with E-state index >= 15 is 0 Å². The molecule has 0 unspecified atom stereocenters. The zero-order valence-electron chi connectivity index (χ0n) is 14.5. The zero-order valence-corrected chi connectivity index (χ0v) is 14.5. The average Bonchev–Trinajstić information content (AvgIpc) is 3.06. The summed E-state index contributed by atoms with van der Waals surface area (Å²) in [6, 6.07) is 7.75. The minimum absolute atomic E-state index is 0.0351. The van der Waals surface area contributed by atoms with E-state index < -0.39 is 17.6 Å². The molecule has 0 aliphatic heterocycles. The Labute approximate surface area is 157 Å². The molecule has 0 bridgehead atoms. The number of aromatic nitrogens is 1. The third kappa shape index (κ3) is 3.93. The molecular weight excluding hydrogens is 377 g/mol. The number of hydrogen-bond acceptors (Lipinski definition) is 5. The maximum atomic E-state index is 12.7. The van der Waals surface area contributed by atoms with Gasteiger partial charge in [-0.3, -0.25) is 4.79 Å². The SMILES string of the molecule is CCNC(=O)c1nc(-c2ccc(C(F)(F)F)cc2)oc1-c1cc(O)cc(O)c1. The van der Waals surface area contributed by atoms with E-state index in [4.69, 9.17) is 4.42 Å². The van der Waals surface area contributed by atoms with Gasteiger partial charge in [0.2, 0.25) is 5.89 Å². The molecule has 0 fully saturated rings. The molecule has 1 heterocycles. The van der Waals surface area contributed by atoms with Gasteiger partial charge in [-0.1, -0.05) is 0 Å². The summed E-state index contributed by atoms with van der Waals surface area (Å²) >= 11 is 0. The van der Waals surface area contributed by atoms with Gasteiger partial charge in [-0.25, -0.2) is 4.98 Å². The van der Waals surface area contributed by atoms with Crippen molar-refractivity contribution < 1.29 is 32.6 Å². The number of aromatic hydroxyl groups is 2. The number of amides is 1. The van der Waals surface area contributed by atoms with Crippen LogP contribution in [0.15, 0.2) is 46.9 Å². The molecule has 3 aromatic rings. The normalized spacial score (nSPS) is 11.4. The van der Waals surface area contributed by atoms with Crippen LogP contribution >= 0.6 is 0 Å². The third-order valence-corrected chi connectivity index (χ3v) is 3.80. The highest BCUT2D eigenvalue weighted by Crippen LogP contribution is 2.35.